The number of hydrogen-bond donors (Lipinski definition) is 2. The Balaban J connectivity index is 1.99. The lowest BCUT2D eigenvalue weighted by molar-refractivity contribution is 0.186. The fourth-order valence-corrected chi connectivity index (χ4v) is 3.09. The Morgan fingerprint density at radius 3 is 2.29 bits per heavy atom. The van der Waals surface area contributed by atoms with E-state index in [0.717, 1.165) is 25.7 Å². The van der Waals surface area contributed by atoms with Crippen LogP contribution < -0.4 is 10.5 Å². The van der Waals surface area contributed by atoms with Crippen LogP contribution in [-0.4, -0.2) is 32.4 Å². The van der Waals surface area contributed by atoms with E-state index in [1.54, 1.807) is 11.9 Å². The fourth-order valence-electron chi connectivity index (χ4n) is 2.57. The van der Waals surface area contributed by atoms with Crippen molar-refractivity contribution in [3.63, 3.8) is 0 Å². The third kappa shape index (κ3) is 4.18. The Morgan fingerprint density at radius 2 is 1.76 bits per heavy atom. The number of carbonyl (C=O) groups is 1. The highest BCUT2D eigenvalue weighted by Crippen LogP contribution is 2.22. The van der Waals surface area contributed by atoms with E-state index in [9.17, 15) is 13.2 Å². The number of sulfonamides is 1. The van der Waals surface area contributed by atoms with Gasteiger partial charge in [-0.15, -0.1) is 0 Å². The van der Waals surface area contributed by atoms with Crippen LogP contribution in [0.2, 0.25) is 0 Å². The molecule has 0 bridgehead atoms. The maximum absolute atomic E-state index is 12.2. The van der Waals surface area contributed by atoms with Gasteiger partial charge in [0.1, 0.15) is 0 Å². The Morgan fingerprint density at radius 1 is 1.19 bits per heavy atom. The highest BCUT2D eigenvalue weighted by molar-refractivity contribution is 7.89. The topological polar surface area (TPSA) is 92.5 Å². The zero-order valence-corrected chi connectivity index (χ0v) is 12.9. The fraction of sp³-hybridized carbons (Fsp3) is 0.500. The van der Waals surface area contributed by atoms with E-state index in [0.29, 0.717) is 5.69 Å². The number of rotatable bonds is 3. The molecule has 0 atom stereocenters. The van der Waals surface area contributed by atoms with Crippen molar-refractivity contribution in [1.29, 1.82) is 0 Å². The van der Waals surface area contributed by atoms with Crippen LogP contribution in [0.25, 0.3) is 0 Å². The van der Waals surface area contributed by atoms with Gasteiger partial charge in [-0.3, -0.25) is 0 Å². The summed E-state index contributed by atoms with van der Waals surface area (Å²) in [6, 6.07) is 5.93. The number of benzene rings is 1. The SMILES string of the molecule is CN(C(=O)Nc1ccc(S(N)(=O)=O)cc1)C1CCCCC1. The predicted molar refractivity (Wildman–Crippen MR) is 81.5 cm³/mol. The van der Waals surface area contributed by atoms with Crippen LogP contribution in [0.1, 0.15) is 32.1 Å². The van der Waals surface area contributed by atoms with Crippen molar-refractivity contribution in [2.24, 2.45) is 5.14 Å². The summed E-state index contributed by atoms with van der Waals surface area (Å²) in [5.74, 6) is 0. The van der Waals surface area contributed by atoms with Gasteiger partial charge in [0.15, 0.2) is 0 Å². The minimum Gasteiger partial charge on any atom is -0.325 e. The summed E-state index contributed by atoms with van der Waals surface area (Å²) in [6.07, 6.45) is 5.63. The van der Waals surface area contributed by atoms with Crippen molar-refractivity contribution in [3.8, 4) is 0 Å². The standard InChI is InChI=1S/C14H21N3O3S/c1-17(12-5-3-2-4-6-12)14(18)16-11-7-9-13(10-8-11)21(15,19)20/h7-10,12H,2-6H2,1H3,(H,16,18)(H2,15,19,20). The molecule has 1 aromatic carbocycles. The molecule has 2 amide bonds. The van der Waals surface area contributed by atoms with Gasteiger partial charge in [-0.05, 0) is 37.1 Å². The van der Waals surface area contributed by atoms with Gasteiger partial charge in [0.25, 0.3) is 0 Å². The molecular weight excluding hydrogens is 290 g/mol. The van der Waals surface area contributed by atoms with Crippen LogP contribution >= 0.6 is 0 Å². The Kier molecular flexibility index (Phi) is 4.84. The van der Waals surface area contributed by atoms with Gasteiger partial charge in [-0.25, -0.2) is 18.4 Å². The first-order valence-corrected chi connectivity index (χ1v) is 8.59. The molecule has 6 nitrogen and oxygen atoms in total. The number of nitrogens with two attached hydrogens (primary N) is 1. The summed E-state index contributed by atoms with van der Waals surface area (Å²) in [5, 5.41) is 7.80. The number of amides is 2. The largest absolute Gasteiger partial charge is 0.325 e. The molecular formula is C14H21N3O3S. The van der Waals surface area contributed by atoms with Crippen molar-refractivity contribution in [1.82, 2.24) is 4.90 Å². The second-order valence-corrected chi connectivity index (χ2v) is 6.96. The van der Waals surface area contributed by atoms with Crippen LogP contribution in [0.4, 0.5) is 10.5 Å². The highest BCUT2D eigenvalue weighted by atomic mass is 32.2. The van der Waals surface area contributed by atoms with Gasteiger partial charge in [0.05, 0.1) is 4.90 Å². The van der Waals surface area contributed by atoms with Crippen molar-refractivity contribution in [2.75, 3.05) is 12.4 Å². The number of primary sulfonamides is 1. The van der Waals surface area contributed by atoms with Gasteiger partial charge in [0.2, 0.25) is 10.0 Å². The maximum Gasteiger partial charge on any atom is 0.321 e. The normalized spacial score (nSPS) is 16.5. The zero-order chi connectivity index (χ0) is 15.5. The lowest BCUT2D eigenvalue weighted by Crippen LogP contribution is -2.40. The molecule has 0 unspecified atom stereocenters. The molecule has 1 aliphatic rings. The van der Waals surface area contributed by atoms with Crippen LogP contribution in [0.15, 0.2) is 29.2 Å². The molecule has 0 aromatic heterocycles. The van der Waals surface area contributed by atoms with E-state index in [1.165, 1.54) is 30.7 Å². The number of carbonyl (C=O) groups excluding carboxylic acids is 1. The van der Waals surface area contributed by atoms with E-state index in [1.807, 2.05) is 0 Å². The molecule has 0 radical (unpaired) electrons. The summed E-state index contributed by atoms with van der Waals surface area (Å²) < 4.78 is 22.3. The number of anilines is 1. The third-order valence-corrected chi connectivity index (χ3v) is 4.81. The number of nitrogens with zero attached hydrogens (tertiary/aromatic N) is 1. The summed E-state index contributed by atoms with van der Waals surface area (Å²) in [5.41, 5.74) is 0.551. The second-order valence-electron chi connectivity index (χ2n) is 5.40. The summed E-state index contributed by atoms with van der Waals surface area (Å²) in [6.45, 7) is 0. The zero-order valence-electron chi connectivity index (χ0n) is 12.1. The van der Waals surface area contributed by atoms with E-state index in [-0.39, 0.29) is 17.0 Å². The van der Waals surface area contributed by atoms with E-state index in [4.69, 9.17) is 5.14 Å². The molecule has 1 fully saturated rings. The molecule has 0 heterocycles. The molecule has 3 N–H and O–H groups in total. The average Bonchev–Trinajstić information content (AvgIpc) is 2.47. The lowest BCUT2D eigenvalue weighted by Gasteiger charge is -2.31. The maximum atomic E-state index is 12.2. The summed E-state index contributed by atoms with van der Waals surface area (Å²) in [7, 11) is -1.91. The minimum absolute atomic E-state index is 0.0288. The van der Waals surface area contributed by atoms with Crippen LogP contribution in [0, 0.1) is 0 Å². The van der Waals surface area contributed by atoms with Gasteiger partial charge in [0, 0.05) is 18.8 Å². The molecule has 0 spiro atoms. The smallest absolute Gasteiger partial charge is 0.321 e. The van der Waals surface area contributed by atoms with Crippen molar-refractivity contribution >= 4 is 21.7 Å². The molecule has 2 rings (SSSR count). The van der Waals surface area contributed by atoms with Crippen molar-refractivity contribution in [2.45, 2.75) is 43.0 Å². The first-order chi connectivity index (χ1) is 9.88. The first kappa shape index (κ1) is 15.8. The first-order valence-electron chi connectivity index (χ1n) is 7.04. The Bertz CT molecular complexity index is 592. The Labute approximate surface area is 125 Å². The summed E-state index contributed by atoms with van der Waals surface area (Å²) in [4.78, 5) is 13.9. The highest BCUT2D eigenvalue weighted by Gasteiger charge is 2.22. The predicted octanol–water partition coefficient (Wildman–Crippen LogP) is 2.13. The molecule has 7 heteroatoms. The summed E-state index contributed by atoms with van der Waals surface area (Å²) >= 11 is 0. The molecule has 116 valence electrons. The quantitative estimate of drug-likeness (QED) is 0.895. The van der Waals surface area contributed by atoms with E-state index < -0.39 is 10.0 Å². The Hall–Kier alpha value is -1.60. The van der Waals surface area contributed by atoms with Crippen molar-refractivity contribution in [3.05, 3.63) is 24.3 Å². The molecule has 0 saturated heterocycles. The molecule has 0 aliphatic heterocycles. The van der Waals surface area contributed by atoms with Gasteiger partial charge < -0.3 is 10.2 Å². The van der Waals surface area contributed by atoms with Gasteiger partial charge in [-0.2, -0.15) is 0 Å². The second kappa shape index (κ2) is 6.44. The van der Waals surface area contributed by atoms with Gasteiger partial charge >= 0.3 is 6.03 Å². The van der Waals surface area contributed by atoms with Crippen LogP contribution in [0.5, 0.6) is 0 Å². The van der Waals surface area contributed by atoms with Crippen molar-refractivity contribution < 1.29 is 13.2 Å². The number of nitrogens with one attached hydrogen (secondary N) is 1. The van der Waals surface area contributed by atoms with E-state index in [2.05, 4.69) is 5.32 Å². The molecule has 1 aliphatic carbocycles. The minimum atomic E-state index is -3.70. The van der Waals surface area contributed by atoms with Crippen LogP contribution in [-0.2, 0) is 10.0 Å². The number of urea groups is 1. The van der Waals surface area contributed by atoms with E-state index >= 15 is 0 Å². The monoisotopic (exact) mass is 311 g/mol. The average molecular weight is 311 g/mol. The molecule has 21 heavy (non-hydrogen) atoms. The number of hydrogen-bond acceptors (Lipinski definition) is 3. The molecule has 1 saturated carbocycles. The van der Waals surface area contributed by atoms with Crippen LogP contribution in [0.3, 0.4) is 0 Å². The third-order valence-electron chi connectivity index (χ3n) is 3.88. The molecule has 1 aromatic rings. The lowest BCUT2D eigenvalue weighted by atomic mass is 9.95. The van der Waals surface area contributed by atoms with Gasteiger partial charge in [-0.1, -0.05) is 19.3 Å².